The van der Waals surface area contributed by atoms with E-state index in [0.29, 0.717) is 18.0 Å². The van der Waals surface area contributed by atoms with Crippen LogP contribution in [0.3, 0.4) is 0 Å². The summed E-state index contributed by atoms with van der Waals surface area (Å²) in [7, 11) is 1.85. The molecule has 0 unspecified atom stereocenters. The van der Waals surface area contributed by atoms with Gasteiger partial charge in [-0.05, 0) is 31.2 Å². The zero-order valence-electron chi connectivity index (χ0n) is 9.70. The molecule has 0 fully saturated rings. The molecular formula is C12H16Cl2N2O. The van der Waals surface area contributed by atoms with Crippen molar-refractivity contribution in [2.75, 3.05) is 25.0 Å². The molecule has 1 aromatic carbocycles. The number of hydrogen-bond donors (Lipinski definition) is 1. The average Bonchev–Trinajstić information content (AvgIpc) is 2.68. The van der Waals surface area contributed by atoms with Crippen LogP contribution in [0.1, 0.15) is 12.0 Å². The van der Waals surface area contributed by atoms with E-state index in [1.165, 1.54) is 5.56 Å². The van der Waals surface area contributed by atoms with Gasteiger partial charge < -0.3 is 10.2 Å². The first kappa shape index (κ1) is 14.3. The van der Waals surface area contributed by atoms with Crippen molar-refractivity contribution in [2.45, 2.75) is 12.8 Å². The number of nitrogens with one attached hydrogen (secondary N) is 1. The Kier molecular flexibility index (Phi) is 5.25. The number of fused-ring (bicyclic) bond motifs is 1. The summed E-state index contributed by atoms with van der Waals surface area (Å²) in [6.07, 6.45) is 1.46. The second-order valence-electron chi connectivity index (χ2n) is 3.92. The molecule has 0 aliphatic carbocycles. The maximum absolute atomic E-state index is 11.9. The molecule has 5 heteroatoms. The van der Waals surface area contributed by atoms with Gasteiger partial charge in [-0.15, -0.1) is 12.4 Å². The summed E-state index contributed by atoms with van der Waals surface area (Å²) in [6, 6.07) is 5.76. The lowest BCUT2D eigenvalue weighted by atomic mass is 10.2. The van der Waals surface area contributed by atoms with Crippen molar-refractivity contribution < 1.29 is 4.79 Å². The maximum atomic E-state index is 11.9. The molecule has 1 N–H and O–H groups in total. The third kappa shape index (κ3) is 3.12. The number of carbonyl (C=O) groups is 1. The van der Waals surface area contributed by atoms with E-state index in [-0.39, 0.29) is 18.3 Å². The van der Waals surface area contributed by atoms with Crippen LogP contribution < -0.4 is 10.2 Å². The fraction of sp³-hybridized carbons (Fsp3) is 0.417. The fourth-order valence-electron chi connectivity index (χ4n) is 1.98. The van der Waals surface area contributed by atoms with Gasteiger partial charge in [-0.2, -0.15) is 0 Å². The average molecular weight is 275 g/mol. The lowest BCUT2D eigenvalue weighted by Gasteiger charge is -2.17. The minimum atomic E-state index is 0. The molecule has 0 atom stereocenters. The molecule has 1 aromatic rings. The second kappa shape index (κ2) is 6.24. The number of benzene rings is 1. The number of hydrogen-bond acceptors (Lipinski definition) is 2. The van der Waals surface area contributed by atoms with Gasteiger partial charge in [0.2, 0.25) is 5.91 Å². The standard InChI is InChI=1S/C12H15ClN2O.ClH/c1-14-6-4-12(16)15-7-5-9-2-3-10(13)8-11(9)15;/h2-3,8,14H,4-7H2,1H3;1H. The topological polar surface area (TPSA) is 32.3 Å². The summed E-state index contributed by atoms with van der Waals surface area (Å²) in [5.41, 5.74) is 2.19. The van der Waals surface area contributed by atoms with Crippen molar-refractivity contribution in [1.29, 1.82) is 0 Å². The number of halogens is 2. The highest BCUT2D eigenvalue weighted by Gasteiger charge is 2.23. The number of nitrogens with zero attached hydrogens (tertiary/aromatic N) is 1. The third-order valence-corrected chi connectivity index (χ3v) is 3.07. The van der Waals surface area contributed by atoms with Crippen molar-refractivity contribution in [3.8, 4) is 0 Å². The van der Waals surface area contributed by atoms with Crippen LogP contribution in [0.25, 0.3) is 0 Å². The fourth-order valence-corrected chi connectivity index (χ4v) is 2.14. The Morgan fingerprint density at radius 3 is 3.00 bits per heavy atom. The summed E-state index contributed by atoms with van der Waals surface area (Å²) < 4.78 is 0. The Bertz CT molecular complexity index is 409. The zero-order valence-corrected chi connectivity index (χ0v) is 11.3. The van der Waals surface area contributed by atoms with Crippen LogP contribution in [-0.4, -0.2) is 26.0 Å². The van der Waals surface area contributed by atoms with Crippen LogP contribution in [0.15, 0.2) is 18.2 Å². The van der Waals surface area contributed by atoms with Gasteiger partial charge in [-0.1, -0.05) is 17.7 Å². The molecule has 1 heterocycles. The highest BCUT2D eigenvalue weighted by molar-refractivity contribution is 6.31. The largest absolute Gasteiger partial charge is 0.319 e. The van der Waals surface area contributed by atoms with Gasteiger partial charge in [0.05, 0.1) is 0 Å². The van der Waals surface area contributed by atoms with E-state index in [0.717, 1.165) is 18.7 Å². The second-order valence-corrected chi connectivity index (χ2v) is 4.36. The van der Waals surface area contributed by atoms with Gasteiger partial charge >= 0.3 is 0 Å². The Labute approximate surface area is 113 Å². The highest BCUT2D eigenvalue weighted by Crippen LogP contribution is 2.30. The number of amides is 1. The van der Waals surface area contributed by atoms with Gasteiger partial charge in [0.15, 0.2) is 0 Å². The van der Waals surface area contributed by atoms with Crippen molar-refractivity contribution in [1.82, 2.24) is 5.32 Å². The molecule has 1 aliphatic heterocycles. The predicted molar refractivity (Wildman–Crippen MR) is 73.3 cm³/mol. The number of anilines is 1. The molecule has 0 aromatic heterocycles. The first-order valence-corrected chi connectivity index (χ1v) is 5.83. The van der Waals surface area contributed by atoms with E-state index < -0.39 is 0 Å². The molecule has 0 saturated heterocycles. The molecule has 1 aliphatic rings. The van der Waals surface area contributed by atoms with Crippen LogP contribution in [0.5, 0.6) is 0 Å². The molecular weight excluding hydrogens is 259 g/mol. The predicted octanol–water partition coefficient (Wildman–Crippen LogP) is 2.26. The van der Waals surface area contributed by atoms with Crippen molar-refractivity contribution in [3.05, 3.63) is 28.8 Å². The lowest BCUT2D eigenvalue weighted by molar-refractivity contribution is -0.118. The number of rotatable bonds is 3. The molecule has 17 heavy (non-hydrogen) atoms. The minimum absolute atomic E-state index is 0. The normalized spacial score (nSPS) is 13.2. The van der Waals surface area contributed by atoms with Crippen molar-refractivity contribution in [3.63, 3.8) is 0 Å². The van der Waals surface area contributed by atoms with Gasteiger partial charge in [0.25, 0.3) is 0 Å². The van der Waals surface area contributed by atoms with Crippen LogP contribution in [-0.2, 0) is 11.2 Å². The van der Waals surface area contributed by atoms with Gasteiger partial charge in [-0.3, -0.25) is 4.79 Å². The van der Waals surface area contributed by atoms with E-state index >= 15 is 0 Å². The molecule has 2 rings (SSSR count). The van der Waals surface area contributed by atoms with Crippen LogP contribution in [0.2, 0.25) is 5.02 Å². The Morgan fingerprint density at radius 2 is 2.29 bits per heavy atom. The summed E-state index contributed by atoms with van der Waals surface area (Å²) in [5.74, 6) is 0.162. The molecule has 0 radical (unpaired) electrons. The summed E-state index contributed by atoms with van der Waals surface area (Å²) in [5, 5.41) is 3.67. The van der Waals surface area contributed by atoms with Gasteiger partial charge in [0.1, 0.15) is 0 Å². The smallest absolute Gasteiger partial charge is 0.228 e. The molecule has 0 spiro atoms. The molecule has 1 amide bonds. The lowest BCUT2D eigenvalue weighted by Crippen LogP contribution is -2.31. The van der Waals surface area contributed by atoms with E-state index in [2.05, 4.69) is 5.32 Å². The molecule has 3 nitrogen and oxygen atoms in total. The van der Waals surface area contributed by atoms with Gasteiger partial charge in [0, 0.05) is 30.2 Å². The summed E-state index contributed by atoms with van der Waals surface area (Å²) in [6.45, 7) is 1.49. The van der Waals surface area contributed by atoms with Gasteiger partial charge in [-0.25, -0.2) is 0 Å². The van der Waals surface area contributed by atoms with E-state index in [9.17, 15) is 4.79 Å². The van der Waals surface area contributed by atoms with Crippen LogP contribution >= 0.6 is 24.0 Å². The van der Waals surface area contributed by atoms with Crippen LogP contribution in [0, 0.1) is 0 Å². The first-order chi connectivity index (χ1) is 7.72. The van der Waals surface area contributed by atoms with Crippen molar-refractivity contribution >= 4 is 35.6 Å². The SMILES string of the molecule is CNCCC(=O)N1CCc2ccc(Cl)cc21.Cl. The Balaban J connectivity index is 0.00000144. The maximum Gasteiger partial charge on any atom is 0.228 e. The van der Waals surface area contributed by atoms with Crippen molar-refractivity contribution in [2.24, 2.45) is 0 Å². The van der Waals surface area contributed by atoms with E-state index in [1.54, 1.807) is 0 Å². The Hall–Kier alpha value is -0.770. The number of carbonyl (C=O) groups excluding carboxylic acids is 1. The van der Waals surface area contributed by atoms with E-state index in [4.69, 9.17) is 11.6 Å². The molecule has 94 valence electrons. The monoisotopic (exact) mass is 274 g/mol. The first-order valence-electron chi connectivity index (χ1n) is 5.46. The quantitative estimate of drug-likeness (QED) is 0.917. The summed E-state index contributed by atoms with van der Waals surface area (Å²) in [4.78, 5) is 13.8. The molecule has 0 bridgehead atoms. The molecule has 0 saturated carbocycles. The minimum Gasteiger partial charge on any atom is -0.319 e. The van der Waals surface area contributed by atoms with E-state index in [1.807, 2.05) is 30.1 Å². The Morgan fingerprint density at radius 1 is 1.53 bits per heavy atom. The van der Waals surface area contributed by atoms with Crippen LogP contribution in [0.4, 0.5) is 5.69 Å². The third-order valence-electron chi connectivity index (χ3n) is 2.83. The zero-order chi connectivity index (χ0) is 11.5. The highest BCUT2D eigenvalue weighted by atomic mass is 35.5. The summed E-state index contributed by atoms with van der Waals surface area (Å²) >= 11 is 5.95.